The molecule has 6 nitrogen and oxygen atoms in total. The third kappa shape index (κ3) is 2.99. The molecule has 0 aromatic heterocycles. The summed E-state index contributed by atoms with van der Waals surface area (Å²) in [5.74, 6) is 3.79. The Hall–Kier alpha value is -2.68. The smallest absolute Gasteiger partial charge is 0.258 e. The van der Waals surface area contributed by atoms with Crippen LogP contribution in [0.25, 0.3) is 0 Å². The first-order valence-corrected chi connectivity index (χ1v) is 9.76. The molecule has 0 saturated heterocycles. The van der Waals surface area contributed by atoms with E-state index in [9.17, 15) is 9.59 Å². The molecule has 148 valence electrons. The van der Waals surface area contributed by atoms with E-state index in [1.54, 1.807) is 25.3 Å². The van der Waals surface area contributed by atoms with E-state index in [4.69, 9.17) is 15.9 Å². The van der Waals surface area contributed by atoms with Crippen LogP contribution in [-0.4, -0.2) is 30.2 Å². The molecule has 5 rings (SSSR count). The van der Waals surface area contributed by atoms with Crippen molar-refractivity contribution in [2.45, 2.75) is 50.8 Å². The van der Waals surface area contributed by atoms with Crippen molar-refractivity contribution in [3.05, 3.63) is 23.8 Å². The minimum atomic E-state index is -0.752. The average Bonchev–Trinajstić information content (AvgIpc) is 2.67. The topological polar surface area (TPSA) is 76.7 Å². The summed E-state index contributed by atoms with van der Waals surface area (Å²) in [4.78, 5) is 25.6. The maximum atomic E-state index is 12.8. The molecule has 1 aliphatic heterocycles. The summed E-state index contributed by atoms with van der Waals surface area (Å²) in [5, 5.41) is 6.08. The van der Waals surface area contributed by atoms with Gasteiger partial charge in [0.15, 0.2) is 5.72 Å². The van der Waals surface area contributed by atoms with Gasteiger partial charge in [0.25, 0.3) is 5.91 Å². The Bertz CT molecular complexity index is 872. The first-order valence-electron chi connectivity index (χ1n) is 9.76. The summed E-state index contributed by atoms with van der Waals surface area (Å²) in [6, 6.07) is 5.23. The third-order valence-corrected chi connectivity index (χ3v) is 6.40. The predicted molar refractivity (Wildman–Crippen MR) is 104 cm³/mol. The number of ether oxygens (including phenoxy) is 2. The highest BCUT2D eigenvalue weighted by Crippen LogP contribution is 2.52. The van der Waals surface area contributed by atoms with E-state index < -0.39 is 11.3 Å². The van der Waals surface area contributed by atoms with Crippen LogP contribution in [0.2, 0.25) is 0 Å². The van der Waals surface area contributed by atoms with Crippen molar-refractivity contribution in [2.75, 3.05) is 7.11 Å². The van der Waals surface area contributed by atoms with E-state index in [0.717, 1.165) is 12.8 Å². The number of amides is 2. The number of carbonyl (C=O) groups excluding carboxylic acids is 2. The van der Waals surface area contributed by atoms with E-state index >= 15 is 0 Å². The lowest BCUT2D eigenvalue weighted by Crippen LogP contribution is -2.67. The first kappa shape index (κ1) is 18.7. The molecule has 1 aromatic carbocycles. The van der Waals surface area contributed by atoms with Gasteiger partial charge >= 0.3 is 0 Å². The minimum Gasteiger partial charge on any atom is -0.497 e. The van der Waals surface area contributed by atoms with Crippen LogP contribution in [0, 0.1) is 30.1 Å². The highest BCUT2D eigenvalue weighted by molar-refractivity contribution is 5.98. The molecule has 1 heterocycles. The van der Waals surface area contributed by atoms with Crippen molar-refractivity contribution in [3.8, 4) is 23.8 Å². The fourth-order valence-corrected chi connectivity index (χ4v) is 4.88. The van der Waals surface area contributed by atoms with E-state index in [-0.39, 0.29) is 29.6 Å². The Morgan fingerprint density at radius 2 is 2.21 bits per heavy atom. The summed E-state index contributed by atoms with van der Waals surface area (Å²) in [7, 11) is 1.59. The second kappa shape index (κ2) is 6.44. The number of fused-ring (bicyclic) bond motifs is 3. The lowest BCUT2D eigenvalue weighted by molar-refractivity contribution is -0.147. The number of rotatable bonds is 3. The van der Waals surface area contributed by atoms with Gasteiger partial charge in [0.1, 0.15) is 11.5 Å². The summed E-state index contributed by atoms with van der Waals surface area (Å²) in [5.41, 5.74) is -0.910. The van der Waals surface area contributed by atoms with Crippen molar-refractivity contribution < 1.29 is 19.1 Å². The van der Waals surface area contributed by atoms with Gasteiger partial charge in [-0.3, -0.25) is 9.59 Å². The van der Waals surface area contributed by atoms with Crippen LogP contribution in [0.3, 0.4) is 0 Å². The standard InChI is InChI=1S/C22H26N2O4/c1-5-21(2,3)23-20(26)17-10-14-7-6-13(17)12-22(14)24-19(25)16-9-8-15(27-4)11-18(16)28-22/h1,8-9,11,13-14,17H,6-7,10,12H2,2-4H3,(H,23,26)(H,24,25)/t13-,14+,17+,22-/m0/s1. The normalized spacial score (nSPS) is 30.6. The molecule has 4 atom stereocenters. The van der Waals surface area contributed by atoms with E-state index in [2.05, 4.69) is 16.6 Å². The number of benzene rings is 1. The van der Waals surface area contributed by atoms with Gasteiger partial charge in [-0.1, -0.05) is 5.92 Å². The van der Waals surface area contributed by atoms with Crippen LogP contribution in [-0.2, 0) is 4.79 Å². The van der Waals surface area contributed by atoms with Crippen LogP contribution < -0.4 is 20.1 Å². The Balaban J connectivity index is 1.57. The number of hydrogen-bond acceptors (Lipinski definition) is 4. The number of nitrogens with one attached hydrogen (secondary N) is 2. The zero-order valence-corrected chi connectivity index (χ0v) is 16.5. The Labute approximate surface area is 165 Å². The molecule has 0 radical (unpaired) electrons. The molecule has 2 amide bonds. The van der Waals surface area contributed by atoms with Gasteiger partial charge in [-0.15, -0.1) is 6.42 Å². The van der Waals surface area contributed by atoms with Gasteiger partial charge in [-0.05, 0) is 51.2 Å². The van der Waals surface area contributed by atoms with Crippen molar-refractivity contribution in [2.24, 2.45) is 17.8 Å². The summed E-state index contributed by atoms with van der Waals surface area (Å²) >= 11 is 0. The van der Waals surface area contributed by atoms with Crippen molar-refractivity contribution in [1.82, 2.24) is 10.6 Å². The highest BCUT2D eigenvalue weighted by atomic mass is 16.5. The Morgan fingerprint density at radius 3 is 2.86 bits per heavy atom. The van der Waals surface area contributed by atoms with Crippen molar-refractivity contribution in [3.63, 3.8) is 0 Å². The third-order valence-electron chi connectivity index (χ3n) is 6.40. The maximum Gasteiger partial charge on any atom is 0.258 e. The van der Waals surface area contributed by atoms with Crippen LogP contribution in [0.4, 0.5) is 0 Å². The van der Waals surface area contributed by atoms with E-state index in [1.807, 2.05) is 13.8 Å². The van der Waals surface area contributed by atoms with Gasteiger partial charge < -0.3 is 20.1 Å². The molecule has 28 heavy (non-hydrogen) atoms. The molecular formula is C22H26N2O4. The highest BCUT2D eigenvalue weighted by Gasteiger charge is 2.57. The van der Waals surface area contributed by atoms with Crippen molar-refractivity contribution >= 4 is 11.8 Å². The zero-order valence-electron chi connectivity index (χ0n) is 16.5. The van der Waals surface area contributed by atoms with Crippen LogP contribution in [0.1, 0.15) is 49.9 Å². The number of carbonyl (C=O) groups is 2. The van der Waals surface area contributed by atoms with Gasteiger partial charge in [0.2, 0.25) is 5.91 Å². The molecule has 1 spiro atoms. The predicted octanol–water partition coefficient (Wildman–Crippen LogP) is 2.48. The van der Waals surface area contributed by atoms with Crippen LogP contribution in [0.5, 0.6) is 11.5 Å². The monoisotopic (exact) mass is 382 g/mol. The minimum absolute atomic E-state index is 0.00305. The Morgan fingerprint density at radius 1 is 1.43 bits per heavy atom. The SMILES string of the molecule is C#CC(C)(C)NC(=O)[C@@H]1C[C@H]2CC[C@H]1C[C@@]21NC(=O)c2ccc(OC)cc2O1. The lowest BCUT2D eigenvalue weighted by Gasteiger charge is -2.55. The Kier molecular flexibility index (Phi) is 4.29. The second-order valence-electron chi connectivity index (χ2n) is 8.65. The number of terminal acetylenes is 1. The molecule has 0 unspecified atom stereocenters. The zero-order chi connectivity index (χ0) is 20.1. The first-order chi connectivity index (χ1) is 13.3. The summed E-state index contributed by atoms with van der Waals surface area (Å²) in [6.07, 6.45) is 8.68. The molecule has 3 saturated carbocycles. The lowest BCUT2D eigenvalue weighted by atomic mass is 9.59. The number of hydrogen-bond donors (Lipinski definition) is 2. The van der Waals surface area contributed by atoms with E-state index in [1.165, 1.54) is 0 Å². The number of methoxy groups -OCH3 is 1. The molecule has 2 N–H and O–H groups in total. The van der Waals surface area contributed by atoms with Gasteiger partial charge in [-0.25, -0.2) is 0 Å². The molecule has 4 aliphatic rings. The largest absolute Gasteiger partial charge is 0.497 e. The maximum absolute atomic E-state index is 12.8. The van der Waals surface area contributed by atoms with Crippen LogP contribution >= 0.6 is 0 Å². The van der Waals surface area contributed by atoms with Gasteiger partial charge in [-0.2, -0.15) is 0 Å². The molecule has 3 fully saturated rings. The second-order valence-corrected chi connectivity index (χ2v) is 8.65. The van der Waals surface area contributed by atoms with E-state index in [0.29, 0.717) is 29.9 Å². The molecule has 1 aromatic rings. The molecule has 3 aliphatic carbocycles. The van der Waals surface area contributed by atoms with Crippen molar-refractivity contribution in [1.29, 1.82) is 0 Å². The summed E-state index contributed by atoms with van der Waals surface area (Å²) in [6.45, 7) is 3.64. The fraction of sp³-hybridized carbons (Fsp3) is 0.545. The average molecular weight is 382 g/mol. The van der Waals surface area contributed by atoms with Gasteiger partial charge in [0, 0.05) is 24.3 Å². The quantitative estimate of drug-likeness (QED) is 0.788. The molecular weight excluding hydrogens is 356 g/mol. The molecule has 6 heteroatoms. The van der Waals surface area contributed by atoms with Crippen LogP contribution in [0.15, 0.2) is 18.2 Å². The fourth-order valence-electron chi connectivity index (χ4n) is 4.88. The summed E-state index contributed by atoms with van der Waals surface area (Å²) < 4.78 is 11.7. The van der Waals surface area contributed by atoms with Gasteiger partial charge in [0.05, 0.1) is 18.2 Å². The molecule has 2 bridgehead atoms.